The summed E-state index contributed by atoms with van der Waals surface area (Å²) in [4.78, 5) is 12.2. The van der Waals surface area contributed by atoms with Gasteiger partial charge in [-0.05, 0) is 88.4 Å². The van der Waals surface area contributed by atoms with Crippen molar-refractivity contribution in [2.45, 2.75) is 20.5 Å². The number of hydrazone groups is 1. The van der Waals surface area contributed by atoms with Crippen molar-refractivity contribution >= 4 is 44.0 Å². The van der Waals surface area contributed by atoms with Gasteiger partial charge in [0.25, 0.3) is 5.91 Å². The summed E-state index contributed by atoms with van der Waals surface area (Å²) in [5.41, 5.74) is 7.12. The third-order valence-corrected chi connectivity index (χ3v) is 5.50. The molecule has 0 aliphatic heterocycles. The molecule has 29 heavy (non-hydrogen) atoms. The molecule has 0 spiro atoms. The zero-order chi connectivity index (χ0) is 20.8. The molecule has 0 heterocycles. The Bertz CT molecular complexity index is 1020. The summed E-state index contributed by atoms with van der Waals surface area (Å²) in [5.74, 6) is 0.596. The van der Waals surface area contributed by atoms with E-state index in [2.05, 4.69) is 42.4 Å². The molecule has 0 fully saturated rings. The molecule has 3 aromatic carbocycles. The van der Waals surface area contributed by atoms with E-state index in [0.717, 1.165) is 36.9 Å². The number of ether oxygens (including phenoxy) is 1. The van der Waals surface area contributed by atoms with Crippen LogP contribution in [-0.4, -0.2) is 12.1 Å². The highest BCUT2D eigenvalue weighted by molar-refractivity contribution is 9.10. The molecule has 4 nitrogen and oxygen atoms in total. The number of benzene rings is 3. The molecule has 0 unspecified atom stereocenters. The van der Waals surface area contributed by atoms with Crippen LogP contribution in [0.2, 0.25) is 0 Å². The van der Waals surface area contributed by atoms with Gasteiger partial charge in [0.1, 0.15) is 12.4 Å². The topological polar surface area (TPSA) is 50.7 Å². The van der Waals surface area contributed by atoms with Crippen LogP contribution >= 0.6 is 31.9 Å². The molecule has 1 N–H and O–H groups in total. The minimum absolute atomic E-state index is 0.267. The number of carbonyl (C=O) groups excluding carboxylic acids is 1. The van der Waals surface area contributed by atoms with Gasteiger partial charge in [0, 0.05) is 8.95 Å². The summed E-state index contributed by atoms with van der Waals surface area (Å²) < 4.78 is 7.80. The average Bonchev–Trinajstić information content (AvgIpc) is 2.69. The predicted octanol–water partition coefficient (Wildman–Crippen LogP) is 6.17. The summed E-state index contributed by atoms with van der Waals surface area (Å²) in [6, 6.07) is 19.3. The van der Waals surface area contributed by atoms with Gasteiger partial charge < -0.3 is 4.74 Å². The van der Waals surface area contributed by atoms with E-state index in [1.807, 2.05) is 68.4 Å². The van der Waals surface area contributed by atoms with Crippen LogP contribution < -0.4 is 10.2 Å². The Labute approximate surface area is 187 Å². The molecule has 0 aromatic heterocycles. The van der Waals surface area contributed by atoms with E-state index in [1.54, 1.807) is 12.3 Å². The summed E-state index contributed by atoms with van der Waals surface area (Å²) >= 11 is 6.80. The lowest BCUT2D eigenvalue weighted by Crippen LogP contribution is -2.18. The van der Waals surface area contributed by atoms with Gasteiger partial charge in [-0.1, -0.05) is 40.2 Å². The quantitative estimate of drug-likeness (QED) is 0.315. The zero-order valence-electron chi connectivity index (χ0n) is 16.1. The van der Waals surface area contributed by atoms with E-state index in [-0.39, 0.29) is 5.91 Å². The number of carbonyl (C=O) groups is 1. The molecular formula is C23H20Br2N2O2. The monoisotopic (exact) mass is 514 g/mol. The summed E-state index contributed by atoms with van der Waals surface area (Å²) in [6.45, 7) is 4.51. The first-order chi connectivity index (χ1) is 13.9. The lowest BCUT2D eigenvalue weighted by atomic mass is 10.1. The van der Waals surface area contributed by atoms with Crippen molar-refractivity contribution in [1.82, 2.24) is 5.43 Å². The molecule has 0 aliphatic rings. The lowest BCUT2D eigenvalue weighted by Gasteiger charge is -2.13. The van der Waals surface area contributed by atoms with Crippen LogP contribution in [0.4, 0.5) is 0 Å². The fourth-order valence-corrected chi connectivity index (χ4v) is 3.62. The highest BCUT2D eigenvalue weighted by Crippen LogP contribution is 2.25. The Morgan fingerprint density at radius 1 is 1.03 bits per heavy atom. The van der Waals surface area contributed by atoms with Gasteiger partial charge in [-0.25, -0.2) is 5.43 Å². The number of aryl methyl sites for hydroxylation is 2. The standard InChI is InChI=1S/C23H20Br2N2O2/c1-15-11-18(13-26-27-23(28)20-5-3-4-6-21(20)25)12-16(2)22(15)29-14-17-7-9-19(24)10-8-17/h3-13H,14H2,1-2H3,(H,27,28)/b26-13-. The van der Waals surface area contributed by atoms with Crippen molar-refractivity contribution in [3.05, 3.63) is 97.4 Å². The van der Waals surface area contributed by atoms with E-state index in [1.165, 1.54) is 0 Å². The summed E-state index contributed by atoms with van der Waals surface area (Å²) in [5, 5.41) is 4.08. The number of nitrogens with one attached hydrogen (secondary N) is 1. The normalized spacial score (nSPS) is 10.9. The van der Waals surface area contributed by atoms with E-state index >= 15 is 0 Å². The fourth-order valence-electron chi connectivity index (χ4n) is 2.89. The van der Waals surface area contributed by atoms with Crippen LogP contribution in [0, 0.1) is 13.8 Å². The van der Waals surface area contributed by atoms with Gasteiger partial charge in [0.15, 0.2) is 0 Å². The molecule has 6 heteroatoms. The lowest BCUT2D eigenvalue weighted by molar-refractivity contribution is 0.0954. The molecule has 0 aliphatic carbocycles. The number of nitrogens with zero attached hydrogens (tertiary/aromatic N) is 1. The van der Waals surface area contributed by atoms with E-state index in [9.17, 15) is 4.79 Å². The van der Waals surface area contributed by atoms with E-state index < -0.39 is 0 Å². The Hall–Kier alpha value is -2.44. The van der Waals surface area contributed by atoms with Crippen LogP contribution in [0.15, 0.2) is 74.7 Å². The first-order valence-electron chi connectivity index (χ1n) is 9.00. The van der Waals surface area contributed by atoms with Gasteiger partial charge in [-0.3, -0.25) is 4.79 Å². The molecule has 3 aromatic rings. The van der Waals surface area contributed by atoms with Gasteiger partial charge in [0.05, 0.1) is 11.8 Å². The Kier molecular flexibility index (Phi) is 7.23. The van der Waals surface area contributed by atoms with E-state index in [4.69, 9.17) is 4.74 Å². The molecule has 0 atom stereocenters. The summed E-state index contributed by atoms with van der Waals surface area (Å²) in [6.07, 6.45) is 1.63. The zero-order valence-corrected chi connectivity index (χ0v) is 19.2. The fraction of sp³-hybridized carbons (Fsp3) is 0.130. The number of rotatable bonds is 6. The Morgan fingerprint density at radius 2 is 1.69 bits per heavy atom. The largest absolute Gasteiger partial charge is 0.488 e. The number of hydrogen-bond acceptors (Lipinski definition) is 3. The van der Waals surface area contributed by atoms with Crippen LogP contribution in [0.3, 0.4) is 0 Å². The van der Waals surface area contributed by atoms with Gasteiger partial charge in [-0.15, -0.1) is 0 Å². The molecule has 0 saturated heterocycles. The maximum atomic E-state index is 12.2. The second kappa shape index (κ2) is 9.85. The molecule has 0 radical (unpaired) electrons. The van der Waals surface area contributed by atoms with Gasteiger partial charge >= 0.3 is 0 Å². The maximum absolute atomic E-state index is 12.2. The van der Waals surface area contributed by atoms with Crippen LogP contribution in [0.5, 0.6) is 5.75 Å². The smallest absolute Gasteiger partial charge is 0.272 e. The van der Waals surface area contributed by atoms with Crippen LogP contribution in [-0.2, 0) is 6.61 Å². The SMILES string of the molecule is Cc1cc(/C=N\NC(=O)c2ccccc2Br)cc(C)c1OCc1ccc(Br)cc1. The van der Waals surface area contributed by atoms with Crippen molar-refractivity contribution in [3.63, 3.8) is 0 Å². The van der Waals surface area contributed by atoms with Crippen LogP contribution in [0.1, 0.15) is 32.6 Å². The Morgan fingerprint density at radius 3 is 2.34 bits per heavy atom. The van der Waals surface area contributed by atoms with Crippen molar-refractivity contribution < 1.29 is 9.53 Å². The van der Waals surface area contributed by atoms with Crippen molar-refractivity contribution in [3.8, 4) is 5.75 Å². The first kappa shape index (κ1) is 21.3. The minimum Gasteiger partial charge on any atom is -0.488 e. The molecular weight excluding hydrogens is 496 g/mol. The minimum atomic E-state index is -0.267. The second-order valence-corrected chi connectivity index (χ2v) is 8.35. The predicted molar refractivity (Wildman–Crippen MR) is 124 cm³/mol. The second-order valence-electron chi connectivity index (χ2n) is 6.58. The van der Waals surface area contributed by atoms with Crippen LogP contribution in [0.25, 0.3) is 0 Å². The first-order valence-corrected chi connectivity index (χ1v) is 10.6. The van der Waals surface area contributed by atoms with Crippen molar-refractivity contribution in [1.29, 1.82) is 0 Å². The van der Waals surface area contributed by atoms with Crippen molar-refractivity contribution in [2.24, 2.45) is 5.10 Å². The average molecular weight is 516 g/mol. The Balaban J connectivity index is 1.65. The molecule has 1 amide bonds. The van der Waals surface area contributed by atoms with Crippen molar-refractivity contribution in [2.75, 3.05) is 0 Å². The molecule has 148 valence electrons. The number of halogens is 2. The molecule has 0 bridgehead atoms. The highest BCUT2D eigenvalue weighted by Gasteiger charge is 2.09. The molecule has 3 rings (SSSR count). The number of hydrogen-bond donors (Lipinski definition) is 1. The van der Waals surface area contributed by atoms with Gasteiger partial charge in [0.2, 0.25) is 0 Å². The summed E-state index contributed by atoms with van der Waals surface area (Å²) in [7, 11) is 0. The van der Waals surface area contributed by atoms with E-state index in [0.29, 0.717) is 12.2 Å². The third-order valence-electron chi connectivity index (χ3n) is 4.28. The maximum Gasteiger partial charge on any atom is 0.272 e. The number of amides is 1. The van der Waals surface area contributed by atoms with Gasteiger partial charge in [-0.2, -0.15) is 5.10 Å². The highest BCUT2D eigenvalue weighted by atomic mass is 79.9. The third kappa shape index (κ3) is 5.78. The molecule has 0 saturated carbocycles.